The van der Waals surface area contributed by atoms with Crippen molar-refractivity contribution in [2.45, 2.75) is 31.6 Å². The third-order valence-corrected chi connectivity index (χ3v) is 8.32. The van der Waals surface area contributed by atoms with Gasteiger partial charge in [-0.25, -0.2) is 0 Å². The third-order valence-electron chi connectivity index (χ3n) is 7.33. The van der Waals surface area contributed by atoms with Crippen LogP contribution in [-0.4, -0.2) is 0 Å². The molecule has 0 aliphatic heterocycles. The molecule has 0 fully saturated rings. The second-order valence-corrected chi connectivity index (χ2v) is 11.0. The van der Waals surface area contributed by atoms with Crippen LogP contribution in [0.3, 0.4) is 0 Å². The Hall–Kier alpha value is -2.42. The maximum atomic E-state index is 3.71. The largest absolute Gasteiger partial charge is 0.0652 e. The van der Waals surface area contributed by atoms with Gasteiger partial charge in [0.15, 0.2) is 0 Å². The van der Waals surface area contributed by atoms with Gasteiger partial charge in [-0.1, -0.05) is 104 Å². The summed E-state index contributed by atoms with van der Waals surface area (Å²) >= 11 is 7.42. The highest BCUT2D eigenvalue weighted by Gasteiger charge is 2.31. The Labute approximate surface area is 212 Å². The van der Waals surface area contributed by atoms with Crippen LogP contribution >= 0.6 is 31.9 Å². The van der Waals surface area contributed by atoms with Crippen LogP contribution in [0.25, 0.3) is 28.3 Å². The lowest BCUT2D eigenvalue weighted by Crippen LogP contribution is -2.03. The lowest BCUT2D eigenvalue weighted by molar-refractivity contribution is 0.618. The van der Waals surface area contributed by atoms with Crippen molar-refractivity contribution >= 4 is 37.9 Å². The van der Waals surface area contributed by atoms with Crippen molar-refractivity contribution in [1.82, 2.24) is 0 Å². The van der Waals surface area contributed by atoms with E-state index < -0.39 is 0 Å². The minimum atomic E-state index is 0.430. The van der Waals surface area contributed by atoms with Gasteiger partial charge in [-0.2, -0.15) is 0 Å². The van der Waals surface area contributed by atoms with Crippen LogP contribution in [0.2, 0.25) is 0 Å². The van der Waals surface area contributed by atoms with Gasteiger partial charge >= 0.3 is 0 Å². The van der Waals surface area contributed by atoms with E-state index in [-0.39, 0.29) is 0 Å². The van der Waals surface area contributed by atoms with Crippen molar-refractivity contribution < 1.29 is 0 Å². The average Bonchev–Trinajstić information content (AvgIpc) is 3.30. The van der Waals surface area contributed by atoms with Gasteiger partial charge in [0.2, 0.25) is 0 Å². The molecule has 0 heterocycles. The van der Waals surface area contributed by atoms with E-state index in [1.807, 2.05) is 0 Å². The van der Waals surface area contributed by atoms with E-state index >= 15 is 0 Å². The Balaban J connectivity index is 1.34. The molecule has 4 aromatic carbocycles. The molecular weight excluding hydrogens is 532 g/mol. The maximum Gasteiger partial charge on any atom is 0.0178 e. The molecule has 0 nitrogen and oxygen atoms in total. The van der Waals surface area contributed by atoms with E-state index in [0.29, 0.717) is 11.8 Å². The summed E-state index contributed by atoms with van der Waals surface area (Å²) in [6.07, 6.45) is 4.71. The fourth-order valence-corrected chi connectivity index (χ4v) is 6.58. The smallest absolute Gasteiger partial charge is 0.0178 e. The molecule has 0 spiro atoms. The first-order chi connectivity index (χ1) is 16.1. The molecule has 6 rings (SSSR count). The second kappa shape index (κ2) is 8.42. The van der Waals surface area contributed by atoms with Crippen LogP contribution in [-0.2, 0) is 0 Å². The Morgan fingerprint density at radius 3 is 1.91 bits per heavy atom. The number of rotatable bonds is 4. The van der Waals surface area contributed by atoms with Crippen LogP contribution in [0.4, 0.5) is 0 Å². The van der Waals surface area contributed by atoms with Crippen molar-refractivity contribution in [2.75, 3.05) is 0 Å². The topological polar surface area (TPSA) is 0 Å². The fraction of sp³-hybridized carbons (Fsp3) is 0.161. The van der Waals surface area contributed by atoms with Crippen LogP contribution in [0, 0.1) is 0 Å². The first-order valence-corrected chi connectivity index (χ1v) is 13.1. The monoisotopic (exact) mass is 554 g/mol. The summed E-state index contributed by atoms with van der Waals surface area (Å²) in [5, 5.41) is 0. The highest BCUT2D eigenvalue weighted by Crippen LogP contribution is 2.51. The summed E-state index contributed by atoms with van der Waals surface area (Å²) in [4.78, 5) is 0. The molecule has 0 saturated heterocycles. The summed E-state index contributed by atoms with van der Waals surface area (Å²) in [6, 6.07) is 31.1. The number of halogens is 2. The fourth-order valence-electron chi connectivity index (χ4n) is 5.82. The summed E-state index contributed by atoms with van der Waals surface area (Å²) in [6.45, 7) is 2.31. The van der Waals surface area contributed by atoms with Crippen molar-refractivity contribution in [3.63, 3.8) is 0 Å². The molecule has 0 aromatic heterocycles. The van der Waals surface area contributed by atoms with Gasteiger partial charge in [0.1, 0.15) is 0 Å². The van der Waals surface area contributed by atoms with Gasteiger partial charge in [0, 0.05) is 20.8 Å². The molecule has 2 aliphatic carbocycles. The lowest BCUT2D eigenvalue weighted by Gasteiger charge is -2.20. The molecule has 162 valence electrons. The van der Waals surface area contributed by atoms with E-state index in [1.165, 1.54) is 50.1 Å². The first-order valence-electron chi connectivity index (χ1n) is 11.6. The van der Waals surface area contributed by atoms with Crippen molar-refractivity contribution in [3.8, 4) is 22.3 Å². The number of allylic oxidation sites excluding steroid dienone is 1. The molecule has 0 bridgehead atoms. The molecule has 2 heteroatoms. The molecule has 2 aliphatic rings. The number of fused-ring (bicyclic) bond motifs is 4. The summed E-state index contributed by atoms with van der Waals surface area (Å²) in [7, 11) is 0. The van der Waals surface area contributed by atoms with Gasteiger partial charge in [0.05, 0.1) is 0 Å². The van der Waals surface area contributed by atoms with Crippen molar-refractivity contribution in [3.05, 3.63) is 122 Å². The molecule has 0 radical (unpaired) electrons. The molecule has 0 N–H and O–H groups in total. The highest BCUT2D eigenvalue weighted by molar-refractivity contribution is 9.10. The first kappa shape index (κ1) is 21.1. The van der Waals surface area contributed by atoms with Crippen LogP contribution < -0.4 is 0 Å². The Bertz CT molecular complexity index is 1350. The zero-order chi connectivity index (χ0) is 22.5. The van der Waals surface area contributed by atoms with Gasteiger partial charge in [-0.05, 0) is 88.5 Å². The zero-order valence-corrected chi connectivity index (χ0v) is 21.7. The molecule has 1 unspecified atom stereocenters. The average molecular weight is 556 g/mol. The van der Waals surface area contributed by atoms with Crippen molar-refractivity contribution in [1.29, 1.82) is 0 Å². The van der Waals surface area contributed by atoms with Crippen LogP contribution in [0.1, 0.15) is 53.9 Å². The predicted octanol–water partition coefficient (Wildman–Crippen LogP) is 9.97. The molecular formula is C31H24Br2. The maximum absolute atomic E-state index is 3.71. The molecule has 0 saturated carbocycles. The summed E-state index contributed by atoms with van der Waals surface area (Å²) in [5.74, 6) is 0.912. The second-order valence-electron chi connectivity index (χ2n) is 9.21. The summed E-state index contributed by atoms with van der Waals surface area (Å²) in [5.41, 5.74) is 12.7. The zero-order valence-electron chi connectivity index (χ0n) is 18.5. The van der Waals surface area contributed by atoms with E-state index in [1.54, 1.807) is 0 Å². The van der Waals surface area contributed by atoms with Crippen molar-refractivity contribution in [2.24, 2.45) is 0 Å². The molecule has 0 amide bonds. The van der Waals surface area contributed by atoms with Crippen LogP contribution in [0.15, 0.2) is 99.4 Å². The SMILES string of the molecule is CC1=Cc2c(-c3ccccc3)cccc2C1CCC1c2cc(Br)ccc2-c2ccc(Br)cc21. The third kappa shape index (κ3) is 3.64. The van der Waals surface area contributed by atoms with E-state index in [9.17, 15) is 0 Å². The molecule has 4 aromatic rings. The van der Waals surface area contributed by atoms with E-state index in [2.05, 4.69) is 130 Å². The minimum absolute atomic E-state index is 0.430. The Kier molecular flexibility index (Phi) is 5.39. The standard InChI is InChI=1S/C31H24Br2/c1-19-16-29-24(20-6-3-2-4-7-20)8-5-9-25(29)23(19)14-15-28-30-17-21(32)10-12-26(30)27-13-11-22(33)18-31(27)28/h2-13,16-18,23,28H,14-15H2,1H3. The normalized spacial score (nSPS) is 16.3. The minimum Gasteiger partial charge on any atom is -0.0652 e. The number of benzene rings is 4. The number of hydrogen-bond acceptors (Lipinski definition) is 0. The molecule has 33 heavy (non-hydrogen) atoms. The van der Waals surface area contributed by atoms with E-state index in [0.717, 1.165) is 21.8 Å². The van der Waals surface area contributed by atoms with Gasteiger partial charge in [0.25, 0.3) is 0 Å². The predicted molar refractivity (Wildman–Crippen MR) is 147 cm³/mol. The highest BCUT2D eigenvalue weighted by atomic mass is 79.9. The van der Waals surface area contributed by atoms with Crippen LogP contribution in [0.5, 0.6) is 0 Å². The van der Waals surface area contributed by atoms with Gasteiger partial charge in [-0.15, -0.1) is 0 Å². The Morgan fingerprint density at radius 1 is 0.606 bits per heavy atom. The molecule has 1 atom stereocenters. The van der Waals surface area contributed by atoms with Gasteiger partial charge < -0.3 is 0 Å². The van der Waals surface area contributed by atoms with E-state index in [4.69, 9.17) is 0 Å². The van der Waals surface area contributed by atoms with Gasteiger partial charge in [-0.3, -0.25) is 0 Å². The summed E-state index contributed by atoms with van der Waals surface area (Å²) < 4.78 is 2.32. The lowest BCUT2D eigenvalue weighted by atomic mass is 9.84. The quantitative estimate of drug-likeness (QED) is 0.235. The Morgan fingerprint density at radius 2 is 1.24 bits per heavy atom. The number of hydrogen-bond donors (Lipinski definition) is 0.